The van der Waals surface area contributed by atoms with E-state index in [1.807, 2.05) is 0 Å². The van der Waals surface area contributed by atoms with Gasteiger partial charge in [-0.1, -0.05) is 11.6 Å². The average Bonchev–Trinajstić information content (AvgIpc) is 3.08. The SMILES string of the molecule is O=C(c1csc(S(=O)(=O)Nc2ccc(Cl)cc2F)c1)N1CCCCC1. The van der Waals surface area contributed by atoms with Gasteiger partial charge >= 0.3 is 0 Å². The van der Waals surface area contributed by atoms with E-state index in [2.05, 4.69) is 4.72 Å². The highest BCUT2D eigenvalue weighted by Gasteiger charge is 2.23. The Morgan fingerprint density at radius 1 is 1.20 bits per heavy atom. The predicted octanol–water partition coefficient (Wildman–Crippen LogP) is 3.97. The molecule has 0 spiro atoms. The average molecular weight is 403 g/mol. The number of sulfonamides is 1. The summed E-state index contributed by atoms with van der Waals surface area (Å²) in [5, 5.41) is 1.69. The van der Waals surface area contributed by atoms with Gasteiger partial charge in [0, 0.05) is 23.5 Å². The number of likely N-dealkylation sites (tertiary alicyclic amines) is 1. The van der Waals surface area contributed by atoms with Crippen molar-refractivity contribution in [3.63, 3.8) is 0 Å². The summed E-state index contributed by atoms with van der Waals surface area (Å²) in [4.78, 5) is 14.2. The molecule has 1 N–H and O–H groups in total. The number of hydrogen-bond donors (Lipinski definition) is 1. The summed E-state index contributed by atoms with van der Waals surface area (Å²) in [6.45, 7) is 1.37. The molecule has 1 aromatic carbocycles. The molecule has 0 aliphatic carbocycles. The Morgan fingerprint density at radius 3 is 2.60 bits per heavy atom. The van der Waals surface area contributed by atoms with Crippen molar-refractivity contribution < 1.29 is 17.6 Å². The summed E-state index contributed by atoms with van der Waals surface area (Å²) in [5.41, 5.74) is 0.144. The van der Waals surface area contributed by atoms with E-state index in [1.54, 1.807) is 4.90 Å². The number of amides is 1. The van der Waals surface area contributed by atoms with Crippen LogP contribution in [0, 0.1) is 5.82 Å². The van der Waals surface area contributed by atoms with Crippen molar-refractivity contribution in [2.45, 2.75) is 23.5 Å². The number of piperidine rings is 1. The number of rotatable bonds is 4. The van der Waals surface area contributed by atoms with Gasteiger partial charge in [0.2, 0.25) is 0 Å². The van der Waals surface area contributed by atoms with Gasteiger partial charge in [0.15, 0.2) is 0 Å². The largest absolute Gasteiger partial charge is 0.339 e. The zero-order valence-electron chi connectivity index (χ0n) is 13.2. The van der Waals surface area contributed by atoms with Gasteiger partial charge in [-0.25, -0.2) is 12.8 Å². The smallest absolute Gasteiger partial charge is 0.271 e. The van der Waals surface area contributed by atoms with Gasteiger partial charge in [-0.05, 0) is 43.5 Å². The van der Waals surface area contributed by atoms with Crippen molar-refractivity contribution in [2.75, 3.05) is 17.8 Å². The molecule has 1 amide bonds. The van der Waals surface area contributed by atoms with Gasteiger partial charge in [0.1, 0.15) is 10.0 Å². The van der Waals surface area contributed by atoms with Gasteiger partial charge in [-0.2, -0.15) is 0 Å². The van der Waals surface area contributed by atoms with Crippen LogP contribution >= 0.6 is 22.9 Å². The van der Waals surface area contributed by atoms with Crippen LogP contribution in [-0.4, -0.2) is 32.3 Å². The predicted molar refractivity (Wildman–Crippen MR) is 96.3 cm³/mol. The first-order valence-electron chi connectivity index (χ1n) is 7.72. The molecule has 0 unspecified atom stereocenters. The molecule has 1 aliphatic rings. The van der Waals surface area contributed by atoms with E-state index in [-0.39, 0.29) is 20.8 Å². The Labute approximate surface area is 154 Å². The van der Waals surface area contributed by atoms with Crippen LogP contribution in [0.3, 0.4) is 0 Å². The molecular weight excluding hydrogens is 387 g/mol. The number of benzene rings is 1. The van der Waals surface area contributed by atoms with Gasteiger partial charge in [-0.3, -0.25) is 9.52 Å². The third-order valence-electron chi connectivity index (χ3n) is 3.91. The second kappa shape index (κ2) is 7.31. The fourth-order valence-corrected chi connectivity index (χ4v) is 5.00. The van der Waals surface area contributed by atoms with E-state index < -0.39 is 15.8 Å². The minimum absolute atomic E-state index is 0.0396. The first-order chi connectivity index (χ1) is 11.9. The van der Waals surface area contributed by atoms with Crippen LogP contribution in [-0.2, 0) is 10.0 Å². The Morgan fingerprint density at radius 2 is 1.92 bits per heavy atom. The van der Waals surface area contributed by atoms with Crippen molar-refractivity contribution in [3.8, 4) is 0 Å². The lowest BCUT2D eigenvalue weighted by molar-refractivity contribution is 0.0725. The molecule has 2 heterocycles. The molecule has 0 atom stereocenters. The highest BCUT2D eigenvalue weighted by Crippen LogP contribution is 2.26. The van der Waals surface area contributed by atoms with E-state index >= 15 is 0 Å². The maximum absolute atomic E-state index is 13.8. The number of carbonyl (C=O) groups is 1. The number of halogens is 2. The quantitative estimate of drug-likeness (QED) is 0.841. The topological polar surface area (TPSA) is 66.5 Å². The maximum Gasteiger partial charge on any atom is 0.271 e. The number of nitrogens with one attached hydrogen (secondary N) is 1. The summed E-state index contributed by atoms with van der Waals surface area (Å²) in [6, 6.07) is 5.00. The Hall–Kier alpha value is -1.64. The number of thiophene rings is 1. The summed E-state index contributed by atoms with van der Waals surface area (Å²) in [5.74, 6) is -0.938. The molecule has 25 heavy (non-hydrogen) atoms. The second-order valence-corrected chi connectivity index (χ2v) is 8.99. The molecule has 9 heteroatoms. The van der Waals surface area contributed by atoms with E-state index in [0.29, 0.717) is 18.7 Å². The molecular formula is C16H16ClFN2O3S2. The zero-order valence-corrected chi connectivity index (χ0v) is 15.6. The molecule has 2 aromatic rings. The van der Waals surface area contributed by atoms with Crippen LogP contribution in [0.2, 0.25) is 5.02 Å². The molecule has 134 valence electrons. The summed E-state index contributed by atoms with van der Waals surface area (Å²) in [6.07, 6.45) is 3.01. The fraction of sp³-hybridized carbons (Fsp3) is 0.312. The van der Waals surface area contributed by atoms with Gasteiger partial charge < -0.3 is 4.90 Å². The Kier molecular flexibility index (Phi) is 5.31. The Bertz CT molecular complexity index is 893. The molecule has 0 radical (unpaired) electrons. The lowest BCUT2D eigenvalue weighted by Crippen LogP contribution is -2.35. The van der Waals surface area contributed by atoms with Gasteiger partial charge in [-0.15, -0.1) is 11.3 Å². The monoisotopic (exact) mass is 402 g/mol. The number of hydrogen-bond acceptors (Lipinski definition) is 4. The summed E-state index contributed by atoms with van der Waals surface area (Å²) in [7, 11) is -3.98. The third-order valence-corrected chi connectivity index (χ3v) is 6.95. The minimum Gasteiger partial charge on any atom is -0.339 e. The molecule has 3 rings (SSSR count). The standard InChI is InChI=1S/C16H16ClFN2O3S2/c17-12-4-5-14(13(18)9-12)19-25(22,23)15-8-11(10-24-15)16(21)20-6-2-1-3-7-20/h4-5,8-10,19H,1-3,6-7H2. The highest BCUT2D eigenvalue weighted by atomic mass is 35.5. The normalized spacial score (nSPS) is 15.2. The molecule has 1 aromatic heterocycles. The van der Waals surface area contributed by atoms with Crippen molar-refractivity contribution >= 4 is 44.6 Å². The van der Waals surface area contributed by atoms with E-state index in [9.17, 15) is 17.6 Å². The number of nitrogens with zero attached hydrogens (tertiary/aromatic N) is 1. The fourth-order valence-electron chi connectivity index (χ4n) is 2.62. The minimum atomic E-state index is -3.98. The van der Waals surface area contributed by atoms with E-state index in [4.69, 9.17) is 11.6 Å². The lowest BCUT2D eigenvalue weighted by Gasteiger charge is -2.26. The molecule has 1 saturated heterocycles. The van der Waals surface area contributed by atoms with Crippen molar-refractivity contribution in [1.82, 2.24) is 4.90 Å². The van der Waals surface area contributed by atoms with Crippen molar-refractivity contribution in [2.24, 2.45) is 0 Å². The molecule has 1 fully saturated rings. The van der Waals surface area contributed by atoms with Crippen LogP contribution in [0.15, 0.2) is 33.9 Å². The second-order valence-electron chi connectivity index (χ2n) is 5.74. The first-order valence-corrected chi connectivity index (χ1v) is 10.5. The number of anilines is 1. The molecule has 5 nitrogen and oxygen atoms in total. The van der Waals surface area contributed by atoms with Crippen LogP contribution in [0.25, 0.3) is 0 Å². The summed E-state index contributed by atoms with van der Waals surface area (Å²) < 4.78 is 40.8. The van der Waals surface area contributed by atoms with Crippen molar-refractivity contribution in [3.05, 3.63) is 46.0 Å². The number of carbonyl (C=O) groups excluding carboxylic acids is 1. The summed E-state index contributed by atoms with van der Waals surface area (Å²) >= 11 is 6.59. The third kappa shape index (κ3) is 4.13. The van der Waals surface area contributed by atoms with Crippen LogP contribution in [0.1, 0.15) is 29.6 Å². The van der Waals surface area contributed by atoms with Crippen LogP contribution in [0.5, 0.6) is 0 Å². The van der Waals surface area contributed by atoms with E-state index in [0.717, 1.165) is 36.7 Å². The lowest BCUT2D eigenvalue weighted by atomic mass is 10.1. The van der Waals surface area contributed by atoms with Crippen LogP contribution in [0.4, 0.5) is 10.1 Å². The maximum atomic E-state index is 13.8. The molecule has 0 bridgehead atoms. The zero-order chi connectivity index (χ0) is 18.0. The first kappa shape index (κ1) is 18.2. The van der Waals surface area contributed by atoms with E-state index in [1.165, 1.54) is 23.6 Å². The Balaban J connectivity index is 1.79. The van der Waals surface area contributed by atoms with Gasteiger partial charge in [0.25, 0.3) is 15.9 Å². The highest BCUT2D eigenvalue weighted by molar-refractivity contribution is 7.94. The van der Waals surface area contributed by atoms with Gasteiger partial charge in [0.05, 0.1) is 11.3 Å². The molecule has 0 saturated carbocycles. The molecule has 1 aliphatic heterocycles. The van der Waals surface area contributed by atoms with Crippen LogP contribution < -0.4 is 4.72 Å². The van der Waals surface area contributed by atoms with Crippen molar-refractivity contribution in [1.29, 1.82) is 0 Å².